The number of esters is 1. The van der Waals surface area contributed by atoms with Crippen LogP contribution in [-0.4, -0.2) is 33.0 Å². The van der Waals surface area contributed by atoms with Crippen molar-refractivity contribution >= 4 is 21.1 Å². The zero-order chi connectivity index (χ0) is 26.4. The van der Waals surface area contributed by atoms with Crippen LogP contribution in [0.1, 0.15) is 49.4 Å². The molecule has 0 amide bonds. The van der Waals surface area contributed by atoms with Crippen molar-refractivity contribution in [3.63, 3.8) is 0 Å². The van der Waals surface area contributed by atoms with Crippen LogP contribution < -0.4 is 4.74 Å². The largest absolute Gasteiger partial charge is 0.496 e. The average molecular weight is 497 g/mol. The van der Waals surface area contributed by atoms with Gasteiger partial charge >= 0.3 is 5.97 Å². The van der Waals surface area contributed by atoms with Gasteiger partial charge in [-0.3, -0.25) is 0 Å². The Kier molecular flexibility index (Phi) is 13.1. The molecule has 0 saturated carbocycles. The van der Waals surface area contributed by atoms with E-state index < -0.39 is 10.3 Å². The molecule has 0 atom stereocenters. The number of benzene rings is 2. The second-order valence-electron chi connectivity index (χ2n) is 8.02. The molecule has 0 bridgehead atoms. The minimum atomic E-state index is -2.35. The SMILES string of the molecule is CCOC(=O)C=C(C)C=CC=C(C)CC(c1c(C)cc(OC)c(C)c1C)=S(=O)=O.c1ccccc1. The number of carbonyl (C=O) groups excluding carboxylic acids is 1. The summed E-state index contributed by atoms with van der Waals surface area (Å²) in [5, 5.41) is 0. The topological polar surface area (TPSA) is 69.7 Å². The molecule has 0 aliphatic rings. The molecule has 0 unspecified atom stereocenters. The number of hydrogen-bond donors (Lipinski definition) is 0. The van der Waals surface area contributed by atoms with Gasteiger partial charge in [-0.2, -0.15) is 8.42 Å². The van der Waals surface area contributed by atoms with E-state index in [1.165, 1.54) is 6.08 Å². The average Bonchev–Trinajstić information content (AvgIpc) is 2.82. The summed E-state index contributed by atoms with van der Waals surface area (Å²) in [4.78, 5) is 11.8. The van der Waals surface area contributed by atoms with E-state index in [0.717, 1.165) is 39.1 Å². The van der Waals surface area contributed by atoms with Gasteiger partial charge in [0.15, 0.2) is 0 Å². The molecule has 6 heteroatoms. The lowest BCUT2D eigenvalue weighted by molar-refractivity contribution is -0.137. The summed E-state index contributed by atoms with van der Waals surface area (Å²) in [7, 11) is -0.742. The van der Waals surface area contributed by atoms with Gasteiger partial charge in [-0.15, -0.1) is 0 Å². The highest BCUT2D eigenvalue weighted by atomic mass is 32.2. The number of allylic oxidation sites excluding steroid dienone is 5. The lowest BCUT2D eigenvalue weighted by Gasteiger charge is -2.16. The minimum Gasteiger partial charge on any atom is -0.496 e. The maximum absolute atomic E-state index is 12.0. The van der Waals surface area contributed by atoms with Gasteiger partial charge in [-0.05, 0) is 75.4 Å². The van der Waals surface area contributed by atoms with Crippen LogP contribution in [-0.2, 0) is 19.8 Å². The molecular weight excluding hydrogens is 460 g/mol. The number of methoxy groups -OCH3 is 1. The quantitative estimate of drug-likeness (QED) is 0.145. The van der Waals surface area contributed by atoms with E-state index in [-0.39, 0.29) is 5.97 Å². The fourth-order valence-corrected chi connectivity index (χ4v) is 4.22. The lowest BCUT2D eigenvalue weighted by Crippen LogP contribution is -2.10. The molecule has 0 aromatic heterocycles. The molecule has 2 aromatic carbocycles. The Balaban J connectivity index is 0.000000882. The summed E-state index contributed by atoms with van der Waals surface area (Å²) >= 11 is 0. The summed E-state index contributed by atoms with van der Waals surface area (Å²) in [6, 6.07) is 13.9. The molecule has 5 nitrogen and oxygen atoms in total. The first kappa shape index (κ1) is 29.7. The molecule has 0 aliphatic heterocycles. The van der Waals surface area contributed by atoms with Crippen molar-refractivity contribution in [1.82, 2.24) is 0 Å². The van der Waals surface area contributed by atoms with Crippen molar-refractivity contribution in [2.24, 2.45) is 0 Å². The fraction of sp³-hybridized carbons (Fsp3) is 0.310. The van der Waals surface area contributed by atoms with E-state index in [4.69, 9.17) is 9.47 Å². The van der Waals surface area contributed by atoms with Crippen LogP contribution >= 0.6 is 0 Å². The normalized spacial score (nSPS) is 11.5. The lowest BCUT2D eigenvalue weighted by atomic mass is 9.92. The van der Waals surface area contributed by atoms with Gasteiger partial charge in [0.1, 0.15) is 5.75 Å². The van der Waals surface area contributed by atoms with Crippen LogP contribution in [0.3, 0.4) is 0 Å². The second kappa shape index (κ2) is 15.5. The van der Waals surface area contributed by atoms with Gasteiger partial charge < -0.3 is 9.47 Å². The predicted molar refractivity (Wildman–Crippen MR) is 145 cm³/mol. The van der Waals surface area contributed by atoms with E-state index in [1.807, 2.05) is 76.2 Å². The van der Waals surface area contributed by atoms with Crippen molar-refractivity contribution in [3.8, 4) is 5.75 Å². The monoisotopic (exact) mass is 496 g/mol. The predicted octanol–water partition coefficient (Wildman–Crippen LogP) is 6.11. The van der Waals surface area contributed by atoms with Crippen LogP contribution in [0, 0.1) is 20.8 Å². The zero-order valence-electron chi connectivity index (χ0n) is 21.7. The maximum atomic E-state index is 12.0. The number of hydrogen-bond acceptors (Lipinski definition) is 5. The molecule has 35 heavy (non-hydrogen) atoms. The Bertz CT molecular complexity index is 1180. The molecule has 0 fully saturated rings. The molecule has 2 aromatic rings. The summed E-state index contributed by atoms with van der Waals surface area (Å²) in [5.74, 6) is 0.368. The number of rotatable bonds is 8. The van der Waals surface area contributed by atoms with Crippen LogP contribution in [0.2, 0.25) is 0 Å². The number of ether oxygens (including phenoxy) is 2. The van der Waals surface area contributed by atoms with Gasteiger partial charge in [0.2, 0.25) is 10.3 Å². The fourth-order valence-electron chi connectivity index (χ4n) is 3.40. The summed E-state index contributed by atoms with van der Waals surface area (Å²) in [5.41, 5.74) is 5.07. The molecule has 0 saturated heterocycles. The third-order valence-electron chi connectivity index (χ3n) is 5.23. The molecule has 0 radical (unpaired) electrons. The van der Waals surface area contributed by atoms with E-state index in [2.05, 4.69) is 0 Å². The molecule has 2 rings (SSSR count). The van der Waals surface area contributed by atoms with Gasteiger partial charge in [-0.25, -0.2) is 4.79 Å². The van der Waals surface area contributed by atoms with Crippen molar-refractivity contribution in [3.05, 3.63) is 100 Å². The number of aryl methyl sites for hydroxylation is 1. The smallest absolute Gasteiger partial charge is 0.330 e. The first-order valence-corrected chi connectivity index (χ1v) is 12.5. The van der Waals surface area contributed by atoms with E-state index in [1.54, 1.807) is 33.1 Å². The van der Waals surface area contributed by atoms with Gasteiger partial charge in [0.05, 0.1) is 18.6 Å². The highest BCUT2D eigenvalue weighted by Gasteiger charge is 2.17. The Hall–Kier alpha value is -3.38. The molecule has 0 heterocycles. The van der Waals surface area contributed by atoms with Crippen LogP contribution in [0.25, 0.3) is 0 Å². The van der Waals surface area contributed by atoms with E-state index >= 15 is 0 Å². The van der Waals surface area contributed by atoms with Crippen molar-refractivity contribution in [2.45, 2.75) is 48.0 Å². The highest BCUT2D eigenvalue weighted by Crippen LogP contribution is 2.29. The Morgan fingerprint density at radius 1 is 0.971 bits per heavy atom. The Labute approximate surface area is 211 Å². The molecular formula is C29H36O5S. The second-order valence-corrected chi connectivity index (χ2v) is 8.98. The van der Waals surface area contributed by atoms with Crippen molar-refractivity contribution in [1.29, 1.82) is 0 Å². The first-order valence-electron chi connectivity index (χ1n) is 11.4. The van der Waals surface area contributed by atoms with Crippen LogP contribution in [0.4, 0.5) is 0 Å². The van der Waals surface area contributed by atoms with Gasteiger partial charge in [0, 0.05) is 12.5 Å². The van der Waals surface area contributed by atoms with Crippen molar-refractivity contribution < 1.29 is 22.7 Å². The molecule has 0 aliphatic carbocycles. The van der Waals surface area contributed by atoms with E-state index in [9.17, 15) is 13.2 Å². The molecule has 188 valence electrons. The van der Waals surface area contributed by atoms with Crippen molar-refractivity contribution in [2.75, 3.05) is 13.7 Å². The number of carbonyl (C=O) groups is 1. The standard InChI is InChI=1S/C23H30O5S.C6H6/c1-8-28-22(24)13-16(3)11-9-10-15(2)12-21(29(25)26)23-17(4)14-20(27-7)18(5)19(23)6;1-2-4-6-5-3-1/h9-11,13-14H,8,12H2,1-7H3;1-6H. The maximum Gasteiger partial charge on any atom is 0.330 e. The van der Waals surface area contributed by atoms with Crippen LogP contribution in [0.5, 0.6) is 5.75 Å². The third kappa shape index (κ3) is 10.2. The Morgan fingerprint density at radius 2 is 1.54 bits per heavy atom. The van der Waals surface area contributed by atoms with E-state index in [0.29, 0.717) is 17.9 Å². The highest BCUT2D eigenvalue weighted by molar-refractivity contribution is 7.73. The van der Waals surface area contributed by atoms with Crippen LogP contribution in [0.15, 0.2) is 77.9 Å². The summed E-state index contributed by atoms with van der Waals surface area (Å²) < 4.78 is 34.2. The first-order chi connectivity index (χ1) is 16.6. The van der Waals surface area contributed by atoms with Gasteiger partial charge in [0.25, 0.3) is 0 Å². The summed E-state index contributed by atoms with van der Waals surface area (Å²) in [6.45, 7) is 11.5. The molecule has 0 N–H and O–H groups in total. The Morgan fingerprint density at radius 3 is 2.03 bits per heavy atom. The van der Waals surface area contributed by atoms with Gasteiger partial charge in [-0.1, -0.05) is 60.2 Å². The summed E-state index contributed by atoms with van der Waals surface area (Å²) in [6.07, 6.45) is 7.14. The zero-order valence-corrected chi connectivity index (χ0v) is 22.5. The third-order valence-corrected chi connectivity index (χ3v) is 5.98. The molecule has 0 spiro atoms. The minimum absolute atomic E-state index is 0.300.